The summed E-state index contributed by atoms with van der Waals surface area (Å²) in [6.45, 7) is 3.10. The number of carbonyl (C=O) groups excluding carboxylic acids is 2. The summed E-state index contributed by atoms with van der Waals surface area (Å²) in [5.41, 5.74) is 5.51. The fourth-order valence-corrected chi connectivity index (χ4v) is 3.75. The summed E-state index contributed by atoms with van der Waals surface area (Å²) in [6, 6.07) is 21.0. The number of halogens is 1. The number of anilines is 1. The SMILES string of the molecule is Cc1ccc(C(=O)N2CCc3ccc(CNC(=O)c4ccc(Br)cc4)cc32)cc1. The zero-order valence-electron chi connectivity index (χ0n) is 16.1. The zero-order valence-corrected chi connectivity index (χ0v) is 17.7. The van der Waals surface area contributed by atoms with Crippen molar-refractivity contribution in [2.24, 2.45) is 0 Å². The number of benzene rings is 3. The molecular weight excluding hydrogens is 428 g/mol. The minimum Gasteiger partial charge on any atom is -0.348 e. The number of amides is 2. The normalized spacial score (nSPS) is 12.6. The van der Waals surface area contributed by atoms with Crippen LogP contribution in [-0.2, 0) is 13.0 Å². The van der Waals surface area contributed by atoms with Gasteiger partial charge in [0.2, 0.25) is 0 Å². The summed E-state index contributed by atoms with van der Waals surface area (Å²) in [5, 5.41) is 2.95. The molecule has 5 heteroatoms. The molecule has 0 saturated carbocycles. The first-order valence-corrected chi connectivity index (χ1v) is 10.3. The number of rotatable bonds is 4. The average molecular weight is 449 g/mol. The van der Waals surface area contributed by atoms with Crippen molar-refractivity contribution in [3.8, 4) is 0 Å². The van der Waals surface area contributed by atoms with E-state index in [0.29, 0.717) is 24.2 Å². The van der Waals surface area contributed by atoms with Crippen molar-refractivity contribution < 1.29 is 9.59 Å². The Morgan fingerprint density at radius 1 is 0.966 bits per heavy atom. The molecule has 0 fully saturated rings. The van der Waals surface area contributed by atoms with E-state index in [1.165, 1.54) is 0 Å². The van der Waals surface area contributed by atoms with E-state index in [9.17, 15) is 9.59 Å². The van der Waals surface area contributed by atoms with Crippen LogP contribution in [0, 0.1) is 6.92 Å². The number of aryl methyl sites for hydroxylation is 1. The molecule has 1 heterocycles. The van der Waals surface area contributed by atoms with Crippen molar-refractivity contribution in [2.75, 3.05) is 11.4 Å². The first-order chi connectivity index (χ1) is 14.0. The summed E-state index contributed by atoms with van der Waals surface area (Å²) in [5.74, 6) is -0.106. The number of nitrogens with zero attached hydrogens (tertiary/aromatic N) is 1. The monoisotopic (exact) mass is 448 g/mol. The van der Waals surface area contributed by atoms with Gasteiger partial charge in [0.15, 0.2) is 0 Å². The predicted molar refractivity (Wildman–Crippen MR) is 118 cm³/mol. The lowest BCUT2D eigenvalue weighted by Gasteiger charge is -2.18. The van der Waals surface area contributed by atoms with E-state index in [0.717, 1.165) is 33.3 Å². The molecule has 0 unspecified atom stereocenters. The van der Waals surface area contributed by atoms with Crippen LogP contribution >= 0.6 is 15.9 Å². The molecule has 0 atom stereocenters. The molecule has 4 rings (SSSR count). The van der Waals surface area contributed by atoms with Crippen LogP contribution in [0.15, 0.2) is 71.2 Å². The Bertz CT molecular complexity index is 1060. The topological polar surface area (TPSA) is 49.4 Å². The third kappa shape index (κ3) is 4.25. The van der Waals surface area contributed by atoms with Crippen LogP contribution in [0.4, 0.5) is 5.69 Å². The molecule has 3 aromatic rings. The first kappa shape index (κ1) is 19.4. The number of carbonyl (C=O) groups is 2. The van der Waals surface area contributed by atoms with Crippen LogP contribution in [0.1, 0.15) is 37.4 Å². The van der Waals surface area contributed by atoms with E-state index >= 15 is 0 Å². The van der Waals surface area contributed by atoms with Gasteiger partial charge in [0.05, 0.1) is 0 Å². The second kappa shape index (κ2) is 8.21. The van der Waals surface area contributed by atoms with Crippen molar-refractivity contribution in [1.82, 2.24) is 5.32 Å². The third-order valence-corrected chi connectivity index (χ3v) is 5.68. The molecule has 4 nitrogen and oxygen atoms in total. The fourth-order valence-electron chi connectivity index (χ4n) is 3.48. The molecular formula is C24H21BrN2O2. The van der Waals surface area contributed by atoms with Crippen molar-refractivity contribution >= 4 is 33.4 Å². The van der Waals surface area contributed by atoms with Gasteiger partial charge in [-0.1, -0.05) is 45.8 Å². The molecule has 1 aliphatic heterocycles. The third-order valence-electron chi connectivity index (χ3n) is 5.15. The lowest BCUT2D eigenvalue weighted by atomic mass is 10.1. The van der Waals surface area contributed by atoms with E-state index in [1.807, 2.05) is 60.4 Å². The highest BCUT2D eigenvalue weighted by Gasteiger charge is 2.25. The van der Waals surface area contributed by atoms with Gasteiger partial charge >= 0.3 is 0 Å². The molecule has 29 heavy (non-hydrogen) atoms. The minimum absolute atomic E-state index is 0.0137. The quantitative estimate of drug-likeness (QED) is 0.617. The number of hydrogen-bond donors (Lipinski definition) is 1. The fraction of sp³-hybridized carbons (Fsp3) is 0.167. The minimum atomic E-state index is -0.120. The van der Waals surface area contributed by atoms with Crippen LogP contribution in [0.2, 0.25) is 0 Å². The molecule has 1 aliphatic rings. The van der Waals surface area contributed by atoms with Gasteiger partial charge in [-0.3, -0.25) is 9.59 Å². The Hall–Kier alpha value is -2.92. The molecule has 0 aromatic heterocycles. The lowest BCUT2D eigenvalue weighted by molar-refractivity contribution is 0.0949. The summed E-state index contributed by atoms with van der Waals surface area (Å²) in [6.07, 6.45) is 0.846. The van der Waals surface area contributed by atoms with Crippen molar-refractivity contribution in [3.63, 3.8) is 0 Å². The summed E-state index contributed by atoms with van der Waals surface area (Å²) in [4.78, 5) is 27.2. The smallest absolute Gasteiger partial charge is 0.258 e. The first-order valence-electron chi connectivity index (χ1n) is 9.55. The van der Waals surface area contributed by atoms with Crippen molar-refractivity contribution in [2.45, 2.75) is 19.9 Å². The second-order valence-electron chi connectivity index (χ2n) is 7.23. The van der Waals surface area contributed by atoms with Gasteiger partial charge in [-0.15, -0.1) is 0 Å². The molecule has 0 saturated heterocycles. The summed E-state index contributed by atoms with van der Waals surface area (Å²) < 4.78 is 0.936. The summed E-state index contributed by atoms with van der Waals surface area (Å²) >= 11 is 3.37. The predicted octanol–water partition coefficient (Wildman–Crippen LogP) is 4.89. The Morgan fingerprint density at radius 3 is 2.38 bits per heavy atom. The van der Waals surface area contributed by atoms with Gasteiger partial charge in [0, 0.05) is 34.4 Å². The molecule has 2 amide bonds. The Morgan fingerprint density at radius 2 is 1.66 bits per heavy atom. The van der Waals surface area contributed by atoms with Gasteiger partial charge < -0.3 is 10.2 Å². The highest BCUT2D eigenvalue weighted by molar-refractivity contribution is 9.10. The lowest BCUT2D eigenvalue weighted by Crippen LogP contribution is -2.29. The van der Waals surface area contributed by atoms with Crippen LogP contribution in [0.25, 0.3) is 0 Å². The van der Waals surface area contributed by atoms with E-state index < -0.39 is 0 Å². The van der Waals surface area contributed by atoms with Crippen LogP contribution in [-0.4, -0.2) is 18.4 Å². The van der Waals surface area contributed by atoms with Crippen LogP contribution < -0.4 is 10.2 Å². The Balaban J connectivity index is 1.48. The summed E-state index contributed by atoms with van der Waals surface area (Å²) in [7, 11) is 0. The maximum Gasteiger partial charge on any atom is 0.258 e. The largest absolute Gasteiger partial charge is 0.348 e. The van der Waals surface area contributed by atoms with Gasteiger partial charge in [-0.25, -0.2) is 0 Å². The van der Waals surface area contributed by atoms with Crippen LogP contribution in [0.3, 0.4) is 0 Å². The molecule has 1 N–H and O–H groups in total. The maximum absolute atomic E-state index is 13.0. The highest BCUT2D eigenvalue weighted by Crippen LogP contribution is 2.30. The Labute approximate surface area is 178 Å². The average Bonchev–Trinajstić information content (AvgIpc) is 3.16. The van der Waals surface area contributed by atoms with E-state index in [4.69, 9.17) is 0 Å². The molecule has 0 radical (unpaired) electrons. The van der Waals surface area contributed by atoms with Crippen molar-refractivity contribution in [3.05, 3.63) is 99.0 Å². The highest BCUT2D eigenvalue weighted by atomic mass is 79.9. The van der Waals surface area contributed by atoms with E-state index in [-0.39, 0.29) is 11.8 Å². The maximum atomic E-state index is 13.0. The van der Waals surface area contributed by atoms with E-state index in [1.54, 1.807) is 12.1 Å². The van der Waals surface area contributed by atoms with Gasteiger partial charge in [-0.05, 0) is 66.9 Å². The Kier molecular flexibility index (Phi) is 5.49. The van der Waals surface area contributed by atoms with E-state index in [2.05, 4.69) is 27.3 Å². The van der Waals surface area contributed by atoms with Gasteiger partial charge in [0.25, 0.3) is 11.8 Å². The number of nitrogens with one attached hydrogen (secondary N) is 1. The zero-order chi connectivity index (χ0) is 20.4. The molecule has 146 valence electrons. The van der Waals surface area contributed by atoms with Crippen LogP contribution in [0.5, 0.6) is 0 Å². The van der Waals surface area contributed by atoms with Gasteiger partial charge in [-0.2, -0.15) is 0 Å². The second-order valence-corrected chi connectivity index (χ2v) is 8.14. The molecule has 0 aliphatic carbocycles. The molecule has 0 spiro atoms. The van der Waals surface area contributed by atoms with Crippen molar-refractivity contribution in [1.29, 1.82) is 0 Å². The number of hydrogen-bond acceptors (Lipinski definition) is 2. The molecule has 0 bridgehead atoms. The van der Waals surface area contributed by atoms with Gasteiger partial charge in [0.1, 0.15) is 0 Å². The number of fused-ring (bicyclic) bond motifs is 1. The standard InChI is InChI=1S/C24H21BrN2O2/c1-16-2-5-20(6-3-16)24(29)27-13-12-18-7-4-17(14-22(18)27)15-26-23(28)19-8-10-21(25)11-9-19/h2-11,14H,12-13,15H2,1H3,(H,26,28). The molecule has 3 aromatic carbocycles.